The first-order valence-electron chi connectivity index (χ1n) is 4.50. The third kappa shape index (κ3) is 6.43. The van der Waals surface area contributed by atoms with E-state index in [0.717, 1.165) is 6.42 Å². The molecule has 0 aliphatic heterocycles. The molecule has 0 spiro atoms. The van der Waals surface area contributed by atoms with Crippen LogP contribution in [0.3, 0.4) is 0 Å². The van der Waals surface area contributed by atoms with Crippen molar-refractivity contribution in [3.05, 3.63) is 0 Å². The molecule has 0 aliphatic rings. The maximum absolute atomic E-state index is 10.8. The van der Waals surface area contributed by atoms with E-state index in [0.29, 0.717) is 6.54 Å². The van der Waals surface area contributed by atoms with Gasteiger partial charge < -0.3 is 24.9 Å². The summed E-state index contributed by atoms with van der Waals surface area (Å²) in [7, 11) is -9.50. The van der Waals surface area contributed by atoms with Crippen LogP contribution in [-0.2, 0) is 9.13 Å². The van der Waals surface area contributed by atoms with Crippen LogP contribution < -0.4 is 5.32 Å². The molecule has 0 bridgehead atoms. The Kier molecular flexibility index (Phi) is 6.21. The van der Waals surface area contributed by atoms with Crippen LogP contribution in [0.2, 0.25) is 0 Å². The van der Waals surface area contributed by atoms with Gasteiger partial charge in [0.25, 0.3) is 0 Å². The first-order valence-corrected chi connectivity index (χ1v) is 7.87. The summed E-state index contributed by atoms with van der Waals surface area (Å²) < 4.78 is 21.6. The fourth-order valence-electron chi connectivity index (χ4n) is 1.07. The first-order chi connectivity index (χ1) is 6.69. The van der Waals surface area contributed by atoms with E-state index in [9.17, 15) is 9.13 Å². The van der Waals surface area contributed by atoms with Gasteiger partial charge >= 0.3 is 15.2 Å². The minimum absolute atomic E-state index is 0.175. The fraction of sp³-hybridized carbons (Fsp3) is 1.00. The van der Waals surface area contributed by atoms with Crippen molar-refractivity contribution >= 4 is 15.2 Å². The molecule has 0 fully saturated rings. The van der Waals surface area contributed by atoms with E-state index in [-0.39, 0.29) is 13.0 Å². The summed E-state index contributed by atoms with van der Waals surface area (Å²) in [5.41, 5.74) is 0. The van der Waals surface area contributed by atoms with Crippen LogP contribution in [0.15, 0.2) is 0 Å². The highest BCUT2D eigenvalue weighted by Crippen LogP contribution is 2.61. The molecule has 0 rings (SSSR count). The molecule has 9 heteroatoms. The highest BCUT2D eigenvalue weighted by molar-refractivity contribution is 7.70. The molecule has 92 valence electrons. The lowest BCUT2D eigenvalue weighted by Gasteiger charge is -2.19. The van der Waals surface area contributed by atoms with Gasteiger partial charge in [-0.25, -0.2) is 0 Å². The SMILES string of the molecule is CCCNCCC(P(=O)(O)O)P(=O)(O)O. The van der Waals surface area contributed by atoms with Crippen LogP contribution in [0.5, 0.6) is 0 Å². The Morgan fingerprint density at radius 1 is 1.07 bits per heavy atom. The molecule has 0 atom stereocenters. The highest BCUT2D eigenvalue weighted by atomic mass is 31.2. The van der Waals surface area contributed by atoms with E-state index in [1.807, 2.05) is 6.92 Å². The van der Waals surface area contributed by atoms with Crippen molar-refractivity contribution in [3.63, 3.8) is 0 Å². The minimum atomic E-state index is -4.75. The quantitative estimate of drug-likeness (QED) is 0.324. The predicted octanol–water partition coefficient (Wildman–Crippen LogP) is 0.0576. The van der Waals surface area contributed by atoms with Crippen LogP contribution in [0.4, 0.5) is 0 Å². The molecule has 0 saturated heterocycles. The molecule has 7 nitrogen and oxygen atoms in total. The molecule has 0 aromatic rings. The zero-order chi connectivity index (χ0) is 12.1. The van der Waals surface area contributed by atoms with Crippen LogP contribution in [-0.4, -0.2) is 38.1 Å². The Labute approximate surface area is 88.2 Å². The second-order valence-electron chi connectivity index (χ2n) is 3.20. The van der Waals surface area contributed by atoms with Crippen molar-refractivity contribution in [2.75, 3.05) is 13.1 Å². The molecule has 0 radical (unpaired) electrons. The maximum atomic E-state index is 10.8. The van der Waals surface area contributed by atoms with Crippen molar-refractivity contribution in [2.24, 2.45) is 0 Å². The molecule has 5 N–H and O–H groups in total. The summed E-state index contributed by atoms with van der Waals surface area (Å²) in [4.78, 5) is 35.0. The van der Waals surface area contributed by atoms with Gasteiger partial charge in [0.1, 0.15) is 0 Å². The molecule has 15 heavy (non-hydrogen) atoms. The van der Waals surface area contributed by atoms with Crippen molar-refractivity contribution in [1.82, 2.24) is 5.32 Å². The second kappa shape index (κ2) is 6.11. The molecular formula is C6H17NO6P2. The van der Waals surface area contributed by atoms with Crippen molar-refractivity contribution in [3.8, 4) is 0 Å². The molecule has 0 amide bonds. The van der Waals surface area contributed by atoms with Crippen molar-refractivity contribution in [1.29, 1.82) is 0 Å². The average molecular weight is 261 g/mol. The lowest BCUT2D eigenvalue weighted by molar-refractivity contribution is 0.334. The lowest BCUT2D eigenvalue weighted by atomic mass is 10.4. The average Bonchev–Trinajstić information content (AvgIpc) is 1.99. The Morgan fingerprint density at radius 2 is 1.53 bits per heavy atom. The van der Waals surface area contributed by atoms with Crippen LogP contribution in [0.1, 0.15) is 19.8 Å². The topological polar surface area (TPSA) is 127 Å². The lowest BCUT2D eigenvalue weighted by Crippen LogP contribution is -2.21. The summed E-state index contributed by atoms with van der Waals surface area (Å²) in [6, 6.07) is 0. The largest absolute Gasteiger partial charge is 0.340 e. The van der Waals surface area contributed by atoms with Gasteiger partial charge in [0, 0.05) is 0 Å². The third-order valence-corrected chi connectivity index (χ3v) is 5.66. The smallest absolute Gasteiger partial charge is 0.324 e. The number of hydrogen-bond acceptors (Lipinski definition) is 3. The Balaban J connectivity index is 4.30. The highest BCUT2D eigenvalue weighted by Gasteiger charge is 2.42. The predicted molar refractivity (Wildman–Crippen MR) is 55.7 cm³/mol. The number of nitrogens with one attached hydrogen (secondary N) is 1. The minimum Gasteiger partial charge on any atom is -0.324 e. The van der Waals surface area contributed by atoms with Crippen molar-refractivity contribution < 1.29 is 28.7 Å². The van der Waals surface area contributed by atoms with E-state index in [1.54, 1.807) is 0 Å². The number of hydrogen-bond donors (Lipinski definition) is 5. The van der Waals surface area contributed by atoms with Crippen LogP contribution in [0, 0.1) is 0 Å². The van der Waals surface area contributed by atoms with Gasteiger partial charge in [0.15, 0.2) is 5.40 Å². The van der Waals surface area contributed by atoms with Gasteiger partial charge in [0.2, 0.25) is 0 Å². The van der Waals surface area contributed by atoms with E-state index in [1.165, 1.54) is 0 Å². The van der Waals surface area contributed by atoms with Gasteiger partial charge in [-0.05, 0) is 25.9 Å². The Hall–Kier alpha value is 0.260. The fourth-order valence-corrected chi connectivity index (χ4v) is 3.56. The Morgan fingerprint density at radius 3 is 1.87 bits per heavy atom. The van der Waals surface area contributed by atoms with Gasteiger partial charge in [-0.3, -0.25) is 9.13 Å². The number of rotatable bonds is 7. The third-order valence-electron chi connectivity index (χ3n) is 1.78. The monoisotopic (exact) mass is 261 g/mol. The Bertz CT molecular complexity index is 249. The summed E-state index contributed by atoms with van der Waals surface area (Å²) in [5, 5.41) is 0.929. The van der Waals surface area contributed by atoms with E-state index >= 15 is 0 Å². The molecular weight excluding hydrogens is 244 g/mol. The standard InChI is InChI=1S/C6H17NO6P2/c1-2-4-7-5-3-6(14(8,9)10)15(11,12)13/h6-7H,2-5H2,1H3,(H2,8,9,10)(H2,11,12,13). The van der Waals surface area contributed by atoms with E-state index < -0.39 is 20.6 Å². The maximum Gasteiger partial charge on any atom is 0.340 e. The van der Waals surface area contributed by atoms with Gasteiger partial charge in [-0.15, -0.1) is 0 Å². The second-order valence-corrected chi connectivity index (χ2v) is 7.21. The summed E-state index contributed by atoms with van der Waals surface area (Å²) in [6.07, 6.45) is 0.602. The summed E-state index contributed by atoms with van der Waals surface area (Å²) in [5.74, 6) is 0. The summed E-state index contributed by atoms with van der Waals surface area (Å²) >= 11 is 0. The zero-order valence-electron chi connectivity index (χ0n) is 8.41. The molecule has 0 saturated carbocycles. The first kappa shape index (κ1) is 15.3. The molecule has 0 aliphatic carbocycles. The molecule has 0 aromatic carbocycles. The van der Waals surface area contributed by atoms with Gasteiger partial charge in [-0.2, -0.15) is 0 Å². The molecule has 0 heterocycles. The van der Waals surface area contributed by atoms with Crippen LogP contribution >= 0.6 is 15.2 Å². The van der Waals surface area contributed by atoms with Crippen molar-refractivity contribution in [2.45, 2.75) is 25.2 Å². The summed E-state index contributed by atoms with van der Waals surface area (Å²) in [6.45, 7) is 2.74. The zero-order valence-corrected chi connectivity index (χ0v) is 10.2. The van der Waals surface area contributed by atoms with Crippen LogP contribution in [0.25, 0.3) is 0 Å². The van der Waals surface area contributed by atoms with E-state index in [2.05, 4.69) is 5.32 Å². The normalized spacial score (nSPS) is 13.5. The molecule has 0 unspecified atom stereocenters. The van der Waals surface area contributed by atoms with Gasteiger partial charge in [0.05, 0.1) is 0 Å². The van der Waals surface area contributed by atoms with E-state index in [4.69, 9.17) is 19.6 Å². The van der Waals surface area contributed by atoms with Gasteiger partial charge in [-0.1, -0.05) is 6.92 Å². The molecule has 0 aromatic heterocycles.